The van der Waals surface area contributed by atoms with E-state index >= 15 is 0 Å². The summed E-state index contributed by atoms with van der Waals surface area (Å²) in [6.07, 6.45) is 0. The van der Waals surface area contributed by atoms with Crippen LogP contribution >= 0.6 is 11.3 Å². The van der Waals surface area contributed by atoms with Crippen LogP contribution in [-0.2, 0) is 16.6 Å². The van der Waals surface area contributed by atoms with Crippen LogP contribution in [0.3, 0.4) is 0 Å². The first-order chi connectivity index (χ1) is 9.03. The lowest BCUT2D eigenvalue weighted by Gasteiger charge is -2.13. The van der Waals surface area contributed by atoms with Gasteiger partial charge < -0.3 is 5.11 Å². The summed E-state index contributed by atoms with van der Waals surface area (Å²) in [6.45, 7) is 1.71. The van der Waals surface area contributed by atoms with Gasteiger partial charge in [-0.3, -0.25) is 0 Å². The number of hydrogen-bond donors (Lipinski definition) is 2. The molecule has 2 rings (SSSR count). The summed E-state index contributed by atoms with van der Waals surface area (Å²) < 4.78 is 27.0. The lowest BCUT2D eigenvalue weighted by molar-refractivity contribution is 0.282. The van der Waals surface area contributed by atoms with Gasteiger partial charge in [0.1, 0.15) is 0 Å². The minimum Gasteiger partial charge on any atom is -0.392 e. The fourth-order valence-corrected chi connectivity index (χ4v) is 3.65. The average molecular weight is 297 g/mol. The molecular weight excluding hydrogens is 282 g/mol. The predicted molar refractivity (Wildman–Crippen MR) is 75.4 cm³/mol. The van der Waals surface area contributed by atoms with Crippen molar-refractivity contribution in [3.05, 3.63) is 52.2 Å². The maximum Gasteiger partial charge on any atom is 0.241 e. The lowest BCUT2D eigenvalue weighted by atomic mass is 10.2. The molecule has 0 aliphatic heterocycles. The molecule has 6 heteroatoms. The first-order valence-electron chi connectivity index (χ1n) is 5.77. The number of nitrogens with one attached hydrogen (secondary N) is 1. The summed E-state index contributed by atoms with van der Waals surface area (Å²) in [5.74, 6) is 0. The molecule has 0 fully saturated rings. The van der Waals surface area contributed by atoms with Crippen LogP contribution in [-0.4, -0.2) is 13.5 Å². The van der Waals surface area contributed by atoms with Crippen LogP contribution in [0.5, 0.6) is 0 Å². The molecule has 0 spiro atoms. The van der Waals surface area contributed by atoms with Crippen molar-refractivity contribution in [3.8, 4) is 0 Å². The summed E-state index contributed by atoms with van der Waals surface area (Å²) >= 11 is 1.53. The molecule has 4 nitrogen and oxygen atoms in total. The van der Waals surface area contributed by atoms with Crippen LogP contribution in [0, 0.1) is 0 Å². The number of benzene rings is 1. The molecule has 1 aromatic heterocycles. The largest absolute Gasteiger partial charge is 0.392 e. The van der Waals surface area contributed by atoms with E-state index in [4.69, 9.17) is 5.11 Å². The molecule has 1 aromatic carbocycles. The van der Waals surface area contributed by atoms with Crippen molar-refractivity contribution in [3.63, 3.8) is 0 Å². The summed E-state index contributed by atoms with van der Waals surface area (Å²) in [5, 5.41) is 12.8. The monoisotopic (exact) mass is 297 g/mol. The van der Waals surface area contributed by atoms with Crippen molar-refractivity contribution in [2.24, 2.45) is 0 Å². The van der Waals surface area contributed by atoms with E-state index in [1.165, 1.54) is 23.5 Å². The van der Waals surface area contributed by atoms with Gasteiger partial charge in [0.15, 0.2) is 0 Å². The number of thiophene rings is 1. The van der Waals surface area contributed by atoms with Crippen LogP contribution in [0.15, 0.2) is 46.0 Å². The van der Waals surface area contributed by atoms with Gasteiger partial charge in [0, 0.05) is 6.04 Å². The van der Waals surface area contributed by atoms with Crippen LogP contribution < -0.4 is 4.72 Å². The smallest absolute Gasteiger partial charge is 0.241 e. The van der Waals surface area contributed by atoms with Crippen molar-refractivity contribution in [1.29, 1.82) is 0 Å². The molecular formula is C13H15NO3S2. The van der Waals surface area contributed by atoms with Gasteiger partial charge in [-0.25, -0.2) is 13.1 Å². The Labute approximate surface area is 116 Å². The second-order valence-corrected chi connectivity index (χ2v) is 6.70. The molecule has 1 heterocycles. The molecule has 2 N–H and O–H groups in total. The van der Waals surface area contributed by atoms with Crippen molar-refractivity contribution in [2.75, 3.05) is 0 Å². The number of sulfonamides is 1. The van der Waals surface area contributed by atoms with E-state index in [0.717, 1.165) is 5.56 Å². The summed E-state index contributed by atoms with van der Waals surface area (Å²) in [4.78, 5) is 0.201. The third-order valence-electron chi connectivity index (χ3n) is 2.79. The van der Waals surface area contributed by atoms with E-state index in [-0.39, 0.29) is 17.5 Å². The molecule has 0 saturated heterocycles. The van der Waals surface area contributed by atoms with Gasteiger partial charge >= 0.3 is 0 Å². The molecule has 2 aromatic rings. The highest BCUT2D eigenvalue weighted by atomic mass is 32.2. The summed E-state index contributed by atoms with van der Waals surface area (Å²) in [5.41, 5.74) is 1.63. The lowest BCUT2D eigenvalue weighted by Crippen LogP contribution is -2.26. The van der Waals surface area contributed by atoms with Gasteiger partial charge in [-0.1, -0.05) is 12.1 Å². The van der Waals surface area contributed by atoms with E-state index in [9.17, 15) is 8.42 Å². The number of rotatable bonds is 5. The molecule has 0 aliphatic rings. The Morgan fingerprint density at radius 3 is 2.47 bits per heavy atom. The maximum atomic E-state index is 12.2. The molecule has 0 radical (unpaired) electrons. The van der Waals surface area contributed by atoms with E-state index in [1.54, 1.807) is 12.1 Å². The number of aliphatic hydroxyl groups is 1. The fraction of sp³-hybridized carbons (Fsp3) is 0.231. The Hall–Kier alpha value is -1.21. The second kappa shape index (κ2) is 5.83. The minimum absolute atomic E-state index is 0.0982. The van der Waals surface area contributed by atoms with Gasteiger partial charge in [-0.2, -0.15) is 11.3 Å². The highest BCUT2D eigenvalue weighted by Gasteiger charge is 2.18. The van der Waals surface area contributed by atoms with Crippen LogP contribution in [0.1, 0.15) is 24.1 Å². The van der Waals surface area contributed by atoms with Crippen molar-refractivity contribution >= 4 is 21.4 Å². The molecule has 1 unspecified atom stereocenters. The SMILES string of the molecule is CC(NS(=O)(=O)c1ccc(CO)cc1)c1ccsc1. The summed E-state index contributed by atoms with van der Waals surface area (Å²) in [6, 6.07) is 7.82. The van der Waals surface area contributed by atoms with Crippen LogP contribution in [0.4, 0.5) is 0 Å². The van der Waals surface area contributed by atoms with Gasteiger partial charge in [-0.05, 0) is 47.0 Å². The number of hydrogen-bond acceptors (Lipinski definition) is 4. The fourth-order valence-electron chi connectivity index (χ4n) is 1.66. The average Bonchev–Trinajstić information content (AvgIpc) is 2.92. The molecule has 0 amide bonds. The Morgan fingerprint density at radius 1 is 1.26 bits per heavy atom. The first kappa shape index (κ1) is 14.2. The van der Waals surface area contributed by atoms with E-state index in [1.807, 2.05) is 23.8 Å². The Bertz CT molecular complexity index is 618. The van der Waals surface area contributed by atoms with Gasteiger partial charge in [0.05, 0.1) is 11.5 Å². The van der Waals surface area contributed by atoms with Crippen LogP contribution in [0.25, 0.3) is 0 Å². The number of aliphatic hydroxyl groups excluding tert-OH is 1. The van der Waals surface area contributed by atoms with Gasteiger partial charge in [-0.15, -0.1) is 0 Å². The van der Waals surface area contributed by atoms with E-state index in [0.29, 0.717) is 5.56 Å². The molecule has 1 atom stereocenters. The first-order valence-corrected chi connectivity index (χ1v) is 8.20. The van der Waals surface area contributed by atoms with Gasteiger partial charge in [0.2, 0.25) is 10.0 Å². The standard InChI is InChI=1S/C13H15NO3S2/c1-10(12-6-7-18-9-12)14-19(16,17)13-4-2-11(8-15)3-5-13/h2-7,9-10,14-15H,8H2,1H3. The molecule has 102 valence electrons. The minimum atomic E-state index is -3.54. The Morgan fingerprint density at radius 2 is 1.95 bits per heavy atom. The van der Waals surface area contributed by atoms with Crippen LogP contribution in [0.2, 0.25) is 0 Å². The maximum absolute atomic E-state index is 12.2. The Kier molecular flexibility index (Phi) is 4.36. The van der Waals surface area contributed by atoms with E-state index in [2.05, 4.69) is 4.72 Å². The van der Waals surface area contributed by atoms with Crippen molar-refractivity contribution in [1.82, 2.24) is 4.72 Å². The molecule has 0 aliphatic carbocycles. The quantitative estimate of drug-likeness (QED) is 0.890. The van der Waals surface area contributed by atoms with Crippen molar-refractivity contribution in [2.45, 2.75) is 24.5 Å². The zero-order chi connectivity index (χ0) is 13.9. The normalized spacial score (nSPS) is 13.4. The third kappa shape index (κ3) is 3.42. The molecule has 19 heavy (non-hydrogen) atoms. The second-order valence-electron chi connectivity index (χ2n) is 4.20. The van der Waals surface area contributed by atoms with Gasteiger partial charge in [0.25, 0.3) is 0 Å². The zero-order valence-electron chi connectivity index (χ0n) is 10.4. The Balaban J connectivity index is 2.17. The van der Waals surface area contributed by atoms with Crippen molar-refractivity contribution < 1.29 is 13.5 Å². The highest BCUT2D eigenvalue weighted by molar-refractivity contribution is 7.89. The molecule has 0 saturated carbocycles. The molecule has 0 bridgehead atoms. The highest BCUT2D eigenvalue weighted by Crippen LogP contribution is 2.19. The zero-order valence-corrected chi connectivity index (χ0v) is 12.0. The van der Waals surface area contributed by atoms with E-state index < -0.39 is 10.0 Å². The summed E-state index contributed by atoms with van der Waals surface area (Å²) in [7, 11) is -3.54. The predicted octanol–water partition coefficient (Wildman–Crippen LogP) is 2.28. The topological polar surface area (TPSA) is 66.4 Å². The third-order valence-corrected chi connectivity index (χ3v) is 5.05.